The summed E-state index contributed by atoms with van der Waals surface area (Å²) in [5, 5.41) is 5.57. The Bertz CT molecular complexity index is 423. The lowest BCUT2D eigenvalue weighted by Crippen LogP contribution is -2.46. The third kappa shape index (κ3) is 4.42. The average Bonchev–Trinajstić information content (AvgIpc) is 2.26. The fourth-order valence-corrected chi connectivity index (χ4v) is 1.43. The van der Waals surface area contributed by atoms with Crippen molar-refractivity contribution in [3.05, 3.63) is 34.9 Å². The minimum Gasteiger partial charge on any atom is -0.351 e. The second-order valence-corrected chi connectivity index (χ2v) is 3.95. The second-order valence-electron chi connectivity index (χ2n) is 3.55. The molecule has 92 valence electrons. The van der Waals surface area contributed by atoms with Gasteiger partial charge in [0.2, 0.25) is 5.91 Å². The van der Waals surface area contributed by atoms with Gasteiger partial charge in [0, 0.05) is 11.6 Å². The van der Waals surface area contributed by atoms with Gasteiger partial charge in [-0.25, -0.2) is 4.79 Å². The van der Waals surface area contributed by atoms with Crippen LogP contribution in [0.4, 0.5) is 4.79 Å². The molecule has 17 heavy (non-hydrogen) atoms. The Labute approximate surface area is 104 Å². The van der Waals surface area contributed by atoms with Crippen LogP contribution in [0, 0.1) is 0 Å². The first-order chi connectivity index (χ1) is 8.00. The molecule has 4 N–H and O–H groups in total. The number of benzene rings is 1. The zero-order valence-corrected chi connectivity index (χ0v) is 10.1. The summed E-state index contributed by atoms with van der Waals surface area (Å²) in [7, 11) is 0. The molecule has 0 aliphatic rings. The molecule has 1 aromatic carbocycles. The molecule has 0 saturated carbocycles. The van der Waals surface area contributed by atoms with Crippen LogP contribution in [-0.4, -0.2) is 18.0 Å². The standard InChI is InChI=1S/C11H14ClN3O2/c1-7(10(16)15-11(13)17)14-6-8-4-2-3-5-9(8)12/h2-5,7,14H,6H2,1H3,(H3,13,15,16,17). The van der Waals surface area contributed by atoms with E-state index in [4.69, 9.17) is 17.3 Å². The largest absolute Gasteiger partial charge is 0.351 e. The molecule has 0 fully saturated rings. The molecule has 0 aliphatic carbocycles. The van der Waals surface area contributed by atoms with Crippen LogP contribution in [0.2, 0.25) is 5.02 Å². The van der Waals surface area contributed by atoms with E-state index in [1.54, 1.807) is 13.0 Å². The van der Waals surface area contributed by atoms with E-state index in [1.807, 2.05) is 23.5 Å². The number of halogens is 1. The maximum atomic E-state index is 11.4. The minimum absolute atomic E-state index is 0.438. The fourth-order valence-electron chi connectivity index (χ4n) is 1.23. The van der Waals surface area contributed by atoms with Gasteiger partial charge in [-0.05, 0) is 18.6 Å². The number of amides is 3. The molecule has 0 aliphatic heterocycles. The first kappa shape index (κ1) is 13.5. The number of urea groups is 1. The lowest BCUT2D eigenvalue weighted by Gasteiger charge is -2.13. The molecule has 3 amide bonds. The number of carbonyl (C=O) groups excluding carboxylic acids is 2. The molecule has 6 heteroatoms. The van der Waals surface area contributed by atoms with Crippen LogP contribution < -0.4 is 16.4 Å². The van der Waals surface area contributed by atoms with E-state index in [-0.39, 0.29) is 0 Å². The molecule has 0 spiro atoms. The Morgan fingerprint density at radius 2 is 2.06 bits per heavy atom. The van der Waals surface area contributed by atoms with Crippen LogP contribution in [-0.2, 0) is 11.3 Å². The van der Waals surface area contributed by atoms with E-state index in [0.29, 0.717) is 11.6 Å². The van der Waals surface area contributed by atoms with Crippen molar-refractivity contribution >= 4 is 23.5 Å². The van der Waals surface area contributed by atoms with Crippen LogP contribution in [0.3, 0.4) is 0 Å². The molecule has 0 heterocycles. The first-order valence-electron chi connectivity index (χ1n) is 5.08. The van der Waals surface area contributed by atoms with Crippen molar-refractivity contribution in [3.63, 3.8) is 0 Å². The van der Waals surface area contributed by atoms with Crippen molar-refractivity contribution in [1.82, 2.24) is 10.6 Å². The fraction of sp³-hybridized carbons (Fsp3) is 0.273. The van der Waals surface area contributed by atoms with Gasteiger partial charge in [-0.2, -0.15) is 0 Å². The number of hydrogen-bond acceptors (Lipinski definition) is 3. The van der Waals surface area contributed by atoms with Gasteiger partial charge in [0.25, 0.3) is 0 Å². The number of hydrogen-bond donors (Lipinski definition) is 3. The second kappa shape index (κ2) is 6.22. The van der Waals surface area contributed by atoms with E-state index < -0.39 is 18.0 Å². The Morgan fingerprint density at radius 3 is 2.65 bits per heavy atom. The van der Waals surface area contributed by atoms with Crippen molar-refractivity contribution in [2.24, 2.45) is 5.73 Å². The topological polar surface area (TPSA) is 84.2 Å². The summed E-state index contributed by atoms with van der Waals surface area (Å²) in [6.07, 6.45) is 0. The van der Waals surface area contributed by atoms with Gasteiger partial charge in [-0.15, -0.1) is 0 Å². The maximum Gasteiger partial charge on any atom is 0.318 e. The summed E-state index contributed by atoms with van der Waals surface area (Å²) >= 11 is 5.96. The lowest BCUT2D eigenvalue weighted by atomic mass is 10.2. The molecule has 5 nitrogen and oxygen atoms in total. The molecule has 1 unspecified atom stereocenters. The monoisotopic (exact) mass is 255 g/mol. The van der Waals surface area contributed by atoms with Gasteiger partial charge in [-0.3, -0.25) is 10.1 Å². The van der Waals surface area contributed by atoms with E-state index in [0.717, 1.165) is 5.56 Å². The van der Waals surface area contributed by atoms with Crippen molar-refractivity contribution < 1.29 is 9.59 Å². The van der Waals surface area contributed by atoms with E-state index in [2.05, 4.69) is 5.32 Å². The number of nitrogens with two attached hydrogens (primary N) is 1. The molecule has 1 rings (SSSR count). The van der Waals surface area contributed by atoms with Gasteiger partial charge in [0.05, 0.1) is 6.04 Å². The Morgan fingerprint density at radius 1 is 1.41 bits per heavy atom. The minimum atomic E-state index is -0.860. The Balaban J connectivity index is 2.48. The van der Waals surface area contributed by atoms with Crippen molar-refractivity contribution in [2.75, 3.05) is 0 Å². The average molecular weight is 256 g/mol. The third-order valence-electron chi connectivity index (χ3n) is 2.20. The van der Waals surface area contributed by atoms with Crippen LogP contribution >= 0.6 is 11.6 Å². The predicted octanol–water partition coefficient (Wildman–Crippen LogP) is 1.01. The Kier molecular flexibility index (Phi) is 4.93. The van der Waals surface area contributed by atoms with Gasteiger partial charge in [0.1, 0.15) is 0 Å². The highest BCUT2D eigenvalue weighted by atomic mass is 35.5. The third-order valence-corrected chi connectivity index (χ3v) is 2.56. The number of imide groups is 1. The quantitative estimate of drug-likeness (QED) is 0.751. The van der Waals surface area contributed by atoms with E-state index >= 15 is 0 Å². The Hall–Kier alpha value is -1.59. The van der Waals surface area contributed by atoms with Gasteiger partial charge >= 0.3 is 6.03 Å². The predicted molar refractivity (Wildman–Crippen MR) is 65.5 cm³/mol. The summed E-state index contributed by atoms with van der Waals surface area (Å²) in [5.41, 5.74) is 5.73. The molecule has 1 aromatic rings. The van der Waals surface area contributed by atoms with Crippen LogP contribution in [0.15, 0.2) is 24.3 Å². The number of rotatable bonds is 4. The summed E-state index contributed by atoms with van der Waals surface area (Å²) in [6.45, 7) is 2.07. The lowest BCUT2D eigenvalue weighted by molar-refractivity contribution is -0.121. The molecule has 0 radical (unpaired) electrons. The molecular weight excluding hydrogens is 242 g/mol. The first-order valence-corrected chi connectivity index (χ1v) is 5.45. The van der Waals surface area contributed by atoms with Crippen molar-refractivity contribution in [3.8, 4) is 0 Å². The van der Waals surface area contributed by atoms with Crippen LogP contribution in [0.1, 0.15) is 12.5 Å². The van der Waals surface area contributed by atoms with Gasteiger partial charge in [0.15, 0.2) is 0 Å². The smallest absolute Gasteiger partial charge is 0.318 e. The number of primary amides is 1. The molecule has 0 saturated heterocycles. The zero-order valence-electron chi connectivity index (χ0n) is 9.37. The summed E-state index contributed by atoms with van der Waals surface area (Å²) in [4.78, 5) is 21.8. The molecule has 1 atom stereocenters. The van der Waals surface area contributed by atoms with E-state index in [9.17, 15) is 9.59 Å². The number of nitrogens with one attached hydrogen (secondary N) is 2. The van der Waals surface area contributed by atoms with E-state index in [1.165, 1.54) is 0 Å². The van der Waals surface area contributed by atoms with Gasteiger partial charge in [-0.1, -0.05) is 29.8 Å². The normalized spacial score (nSPS) is 11.9. The molecule has 0 aromatic heterocycles. The number of carbonyl (C=O) groups is 2. The van der Waals surface area contributed by atoms with Gasteiger partial charge < -0.3 is 11.1 Å². The van der Waals surface area contributed by atoms with Crippen LogP contribution in [0.25, 0.3) is 0 Å². The van der Waals surface area contributed by atoms with Crippen molar-refractivity contribution in [2.45, 2.75) is 19.5 Å². The summed E-state index contributed by atoms with van der Waals surface area (Å²) in [6, 6.07) is 5.92. The summed E-state index contributed by atoms with van der Waals surface area (Å²) in [5.74, 6) is -0.468. The summed E-state index contributed by atoms with van der Waals surface area (Å²) < 4.78 is 0. The highest BCUT2D eigenvalue weighted by molar-refractivity contribution is 6.31. The molecule has 0 bridgehead atoms. The SMILES string of the molecule is CC(NCc1ccccc1Cl)C(=O)NC(N)=O. The molecular formula is C11H14ClN3O2. The maximum absolute atomic E-state index is 11.4. The zero-order chi connectivity index (χ0) is 12.8. The van der Waals surface area contributed by atoms with Crippen LogP contribution in [0.5, 0.6) is 0 Å². The van der Waals surface area contributed by atoms with Crippen molar-refractivity contribution in [1.29, 1.82) is 0 Å². The highest BCUT2D eigenvalue weighted by Gasteiger charge is 2.13. The highest BCUT2D eigenvalue weighted by Crippen LogP contribution is 2.14.